The Morgan fingerprint density at radius 1 is 1.33 bits per heavy atom. The Hall–Kier alpha value is -1.77. The van der Waals surface area contributed by atoms with Gasteiger partial charge in [0, 0.05) is 36.1 Å². The number of hydrogen-bond donors (Lipinski definition) is 2. The summed E-state index contributed by atoms with van der Waals surface area (Å²) in [6.07, 6.45) is -2.70. The van der Waals surface area contributed by atoms with Crippen LogP contribution in [0, 0.1) is 0 Å². The molecule has 0 atom stereocenters. The number of nitrogens with one attached hydrogen (secondary N) is 1. The van der Waals surface area contributed by atoms with Crippen LogP contribution >= 0.6 is 11.3 Å². The fourth-order valence-corrected chi connectivity index (χ4v) is 3.37. The molecule has 3 N–H and O–H groups in total. The first-order valence-electron chi connectivity index (χ1n) is 6.52. The number of aromatic amines is 1. The number of alkyl halides is 3. The van der Waals surface area contributed by atoms with Crippen molar-refractivity contribution in [2.75, 3.05) is 23.7 Å². The van der Waals surface area contributed by atoms with E-state index in [1.807, 2.05) is 11.0 Å². The normalized spacial score (nSPS) is 17.4. The molecule has 0 bridgehead atoms. The second kappa shape index (κ2) is 5.21. The van der Waals surface area contributed by atoms with Gasteiger partial charge in [-0.05, 0) is 12.8 Å². The Bertz CT molecular complexity index is 612. The lowest BCUT2D eigenvalue weighted by Gasteiger charge is -2.31. The lowest BCUT2D eigenvalue weighted by atomic mass is 9.94. The third-order valence-corrected chi connectivity index (χ3v) is 4.51. The molecule has 1 aliphatic rings. The summed E-state index contributed by atoms with van der Waals surface area (Å²) in [6, 6.07) is 1.81. The van der Waals surface area contributed by atoms with Gasteiger partial charge in [-0.25, -0.2) is 4.98 Å². The summed E-state index contributed by atoms with van der Waals surface area (Å²) in [5.41, 5.74) is 5.75. The van der Waals surface area contributed by atoms with E-state index in [0.29, 0.717) is 30.0 Å². The first-order valence-corrected chi connectivity index (χ1v) is 7.40. The van der Waals surface area contributed by atoms with Crippen molar-refractivity contribution in [3.63, 3.8) is 0 Å². The summed E-state index contributed by atoms with van der Waals surface area (Å²) >= 11 is 1.04. The molecule has 3 rings (SSSR count). The Kier molecular flexibility index (Phi) is 3.52. The highest BCUT2D eigenvalue weighted by Crippen LogP contribution is 2.35. The maximum Gasteiger partial charge on any atom is 0.434 e. The first-order chi connectivity index (χ1) is 9.93. The highest BCUT2D eigenvalue weighted by Gasteiger charge is 2.34. The quantitative estimate of drug-likeness (QED) is 0.893. The van der Waals surface area contributed by atoms with Crippen molar-refractivity contribution in [1.29, 1.82) is 0 Å². The van der Waals surface area contributed by atoms with Crippen LogP contribution < -0.4 is 10.6 Å². The van der Waals surface area contributed by atoms with Gasteiger partial charge in [-0.2, -0.15) is 18.3 Å². The predicted octanol–water partition coefficient (Wildman–Crippen LogP) is 2.85. The van der Waals surface area contributed by atoms with Gasteiger partial charge in [0.15, 0.2) is 10.8 Å². The summed E-state index contributed by atoms with van der Waals surface area (Å²) < 4.78 is 37.7. The summed E-state index contributed by atoms with van der Waals surface area (Å²) in [7, 11) is 0. The number of thiazole rings is 1. The predicted molar refractivity (Wildman–Crippen MR) is 74.3 cm³/mol. The molecule has 21 heavy (non-hydrogen) atoms. The van der Waals surface area contributed by atoms with Crippen molar-refractivity contribution in [1.82, 2.24) is 15.2 Å². The summed E-state index contributed by atoms with van der Waals surface area (Å²) in [5, 5.41) is 8.30. The van der Waals surface area contributed by atoms with Gasteiger partial charge in [0.2, 0.25) is 0 Å². The zero-order valence-corrected chi connectivity index (χ0v) is 11.8. The average molecular weight is 317 g/mol. The van der Waals surface area contributed by atoms with Crippen LogP contribution in [0.15, 0.2) is 11.4 Å². The number of H-pyrrole nitrogens is 1. The molecular weight excluding hydrogens is 303 g/mol. The molecule has 0 aliphatic carbocycles. The van der Waals surface area contributed by atoms with Crippen LogP contribution in [-0.4, -0.2) is 28.3 Å². The van der Waals surface area contributed by atoms with Crippen LogP contribution in [-0.2, 0) is 6.18 Å². The number of anilines is 2. The second-order valence-electron chi connectivity index (χ2n) is 5.02. The molecule has 0 aromatic carbocycles. The average Bonchev–Trinajstić information content (AvgIpc) is 3.07. The van der Waals surface area contributed by atoms with Crippen LogP contribution in [0.3, 0.4) is 0 Å². The topological polar surface area (TPSA) is 70.8 Å². The molecular formula is C12H14F3N5S. The van der Waals surface area contributed by atoms with E-state index in [0.717, 1.165) is 35.3 Å². The molecule has 0 amide bonds. The minimum absolute atomic E-state index is 0.313. The second-order valence-corrected chi connectivity index (χ2v) is 5.86. The molecule has 0 spiro atoms. The number of nitrogens with two attached hydrogens (primary N) is 1. The third-order valence-electron chi connectivity index (χ3n) is 3.61. The van der Waals surface area contributed by atoms with Crippen molar-refractivity contribution >= 4 is 22.3 Å². The lowest BCUT2D eigenvalue weighted by Crippen LogP contribution is -2.33. The Labute approximate surface area is 123 Å². The summed E-state index contributed by atoms with van der Waals surface area (Å²) in [5.74, 6) is 0.773. The van der Waals surface area contributed by atoms with Crippen LogP contribution in [0.2, 0.25) is 0 Å². The maximum absolute atomic E-state index is 12.6. The van der Waals surface area contributed by atoms with Gasteiger partial charge in [0.25, 0.3) is 0 Å². The molecule has 5 nitrogen and oxygen atoms in total. The smallest absolute Gasteiger partial charge is 0.382 e. The monoisotopic (exact) mass is 317 g/mol. The van der Waals surface area contributed by atoms with Gasteiger partial charge >= 0.3 is 6.18 Å². The van der Waals surface area contributed by atoms with Gasteiger partial charge in [0.05, 0.1) is 0 Å². The molecule has 1 fully saturated rings. The van der Waals surface area contributed by atoms with Crippen molar-refractivity contribution in [3.8, 4) is 0 Å². The van der Waals surface area contributed by atoms with Gasteiger partial charge in [-0.1, -0.05) is 0 Å². The Morgan fingerprint density at radius 2 is 2.05 bits per heavy atom. The Balaban J connectivity index is 1.64. The third kappa shape index (κ3) is 2.97. The number of nitrogens with zero attached hydrogens (tertiary/aromatic N) is 3. The standard InChI is InChI=1S/C12H14F3N5S/c13-12(14,15)9-6-21-11(17-9)20-3-1-7(2-4-20)8-5-10(16)19-18-8/h5-7H,1-4H2,(H3,16,18,19). The number of rotatable bonds is 2. The Morgan fingerprint density at radius 3 is 2.57 bits per heavy atom. The summed E-state index contributed by atoms with van der Waals surface area (Å²) in [6.45, 7) is 1.35. The van der Waals surface area contributed by atoms with Crippen molar-refractivity contribution < 1.29 is 13.2 Å². The molecule has 2 aromatic heterocycles. The van der Waals surface area contributed by atoms with E-state index >= 15 is 0 Å². The number of piperidine rings is 1. The van der Waals surface area contributed by atoms with E-state index in [9.17, 15) is 13.2 Å². The molecule has 3 heterocycles. The molecule has 1 aliphatic heterocycles. The van der Waals surface area contributed by atoms with Crippen LogP contribution in [0.1, 0.15) is 30.1 Å². The van der Waals surface area contributed by atoms with Gasteiger partial charge in [0.1, 0.15) is 5.82 Å². The largest absolute Gasteiger partial charge is 0.434 e. The van der Waals surface area contributed by atoms with Gasteiger partial charge < -0.3 is 10.6 Å². The highest BCUT2D eigenvalue weighted by atomic mass is 32.1. The molecule has 1 saturated heterocycles. The highest BCUT2D eigenvalue weighted by molar-refractivity contribution is 7.13. The van der Waals surface area contributed by atoms with Crippen molar-refractivity contribution in [3.05, 3.63) is 22.8 Å². The van der Waals surface area contributed by atoms with Crippen LogP contribution in [0.25, 0.3) is 0 Å². The van der Waals surface area contributed by atoms with E-state index < -0.39 is 11.9 Å². The van der Waals surface area contributed by atoms with Crippen LogP contribution in [0.5, 0.6) is 0 Å². The zero-order chi connectivity index (χ0) is 15.0. The molecule has 0 saturated carbocycles. The van der Waals surface area contributed by atoms with E-state index in [1.54, 1.807) is 0 Å². The van der Waals surface area contributed by atoms with E-state index in [-0.39, 0.29) is 0 Å². The molecule has 0 unspecified atom stereocenters. The minimum atomic E-state index is -4.37. The van der Waals surface area contributed by atoms with Crippen LogP contribution in [0.4, 0.5) is 24.1 Å². The zero-order valence-electron chi connectivity index (χ0n) is 11.0. The number of aromatic nitrogens is 3. The molecule has 0 radical (unpaired) electrons. The van der Waals surface area contributed by atoms with Crippen molar-refractivity contribution in [2.45, 2.75) is 24.9 Å². The van der Waals surface area contributed by atoms with E-state index in [4.69, 9.17) is 5.73 Å². The fraction of sp³-hybridized carbons (Fsp3) is 0.500. The van der Waals surface area contributed by atoms with E-state index in [2.05, 4.69) is 15.2 Å². The maximum atomic E-state index is 12.6. The van der Waals surface area contributed by atoms with Gasteiger partial charge in [-0.15, -0.1) is 11.3 Å². The number of halogens is 3. The molecule has 9 heteroatoms. The van der Waals surface area contributed by atoms with Crippen molar-refractivity contribution in [2.24, 2.45) is 0 Å². The summed E-state index contributed by atoms with van der Waals surface area (Å²) in [4.78, 5) is 5.59. The fourth-order valence-electron chi connectivity index (χ4n) is 2.48. The lowest BCUT2D eigenvalue weighted by molar-refractivity contribution is -0.140. The SMILES string of the molecule is Nc1cc(C2CCN(c3nc(C(F)(F)F)cs3)CC2)[nH]n1. The van der Waals surface area contributed by atoms with Gasteiger partial charge in [-0.3, -0.25) is 5.10 Å². The first kappa shape index (κ1) is 14.2. The minimum Gasteiger partial charge on any atom is -0.382 e. The molecule has 2 aromatic rings. The number of nitrogen functional groups attached to an aromatic ring is 1. The van der Waals surface area contributed by atoms with E-state index in [1.165, 1.54) is 0 Å². The molecule has 114 valence electrons. The number of hydrogen-bond acceptors (Lipinski definition) is 5.